The molecule has 0 saturated heterocycles. The highest BCUT2D eigenvalue weighted by molar-refractivity contribution is 7.80. The summed E-state index contributed by atoms with van der Waals surface area (Å²) in [7, 11) is 0. The standard InChI is InChI=1S/C9H17NO2.C3H7NO2S.C3H7NO2/c10-8(9(11)12)6-7-4-2-1-3-5-7;4-2(1-7)3(5)6;1-2(4)3(5)6/h7-8H,1-6,10H2,(H,11,12);2,7H,1,4H2,(H,5,6);2H,4H2,1H3,(H,5,6). The summed E-state index contributed by atoms with van der Waals surface area (Å²) in [5, 5.41) is 24.5. The quantitative estimate of drug-likeness (QED) is 0.313. The Morgan fingerprint density at radius 2 is 1.32 bits per heavy atom. The van der Waals surface area contributed by atoms with Gasteiger partial charge >= 0.3 is 17.9 Å². The lowest BCUT2D eigenvalue weighted by Crippen LogP contribution is -2.32. The van der Waals surface area contributed by atoms with Gasteiger partial charge in [-0.3, -0.25) is 14.4 Å². The largest absolute Gasteiger partial charge is 0.480 e. The van der Waals surface area contributed by atoms with Gasteiger partial charge in [0.1, 0.15) is 18.1 Å². The van der Waals surface area contributed by atoms with Crippen molar-refractivity contribution in [1.29, 1.82) is 0 Å². The summed E-state index contributed by atoms with van der Waals surface area (Å²) in [5.41, 5.74) is 15.2. The highest BCUT2D eigenvalue weighted by Gasteiger charge is 2.20. The number of carboxylic acid groups (broad SMARTS) is 3. The fraction of sp³-hybridized carbons (Fsp3) is 0.800. The van der Waals surface area contributed by atoms with Gasteiger partial charge in [-0.2, -0.15) is 12.6 Å². The van der Waals surface area contributed by atoms with E-state index < -0.39 is 36.0 Å². The molecule has 1 aliphatic carbocycles. The topological polar surface area (TPSA) is 190 Å². The molecule has 0 aliphatic heterocycles. The van der Waals surface area contributed by atoms with E-state index in [-0.39, 0.29) is 5.75 Å². The normalized spacial score (nSPS) is 17.6. The van der Waals surface area contributed by atoms with Gasteiger partial charge < -0.3 is 32.5 Å². The molecule has 0 radical (unpaired) electrons. The van der Waals surface area contributed by atoms with Crippen molar-refractivity contribution in [2.24, 2.45) is 23.1 Å². The summed E-state index contributed by atoms with van der Waals surface area (Å²) >= 11 is 3.65. The zero-order chi connectivity index (χ0) is 20.0. The lowest BCUT2D eigenvalue weighted by Gasteiger charge is -2.22. The van der Waals surface area contributed by atoms with Crippen LogP contribution in [0.3, 0.4) is 0 Å². The van der Waals surface area contributed by atoms with Gasteiger partial charge in [-0.15, -0.1) is 0 Å². The number of nitrogens with two attached hydrogens (primary N) is 3. The third kappa shape index (κ3) is 15.9. The van der Waals surface area contributed by atoms with Gasteiger partial charge in [-0.1, -0.05) is 32.1 Å². The molecule has 1 fully saturated rings. The van der Waals surface area contributed by atoms with Gasteiger partial charge in [0.2, 0.25) is 0 Å². The number of carbonyl (C=O) groups is 3. The van der Waals surface area contributed by atoms with Crippen molar-refractivity contribution in [2.75, 3.05) is 5.75 Å². The summed E-state index contributed by atoms with van der Waals surface area (Å²) in [6.45, 7) is 1.42. The summed E-state index contributed by atoms with van der Waals surface area (Å²) in [5.74, 6) is -2.08. The average Bonchev–Trinajstić information content (AvgIpc) is 2.55. The fourth-order valence-corrected chi connectivity index (χ4v) is 2.12. The molecule has 10 heteroatoms. The molecule has 9 N–H and O–H groups in total. The van der Waals surface area contributed by atoms with Crippen molar-refractivity contribution < 1.29 is 29.7 Å². The van der Waals surface area contributed by atoms with Crippen LogP contribution in [0.1, 0.15) is 45.4 Å². The molecule has 1 rings (SSSR count). The minimum atomic E-state index is -1.00. The Bertz CT molecular complexity index is 403. The third-order valence-electron chi connectivity index (χ3n) is 3.53. The zero-order valence-electron chi connectivity index (χ0n) is 14.5. The first-order valence-corrected chi connectivity index (χ1v) is 8.72. The number of aliphatic carboxylic acids is 3. The Morgan fingerprint density at radius 3 is 1.56 bits per heavy atom. The van der Waals surface area contributed by atoms with E-state index in [9.17, 15) is 14.4 Å². The van der Waals surface area contributed by atoms with Crippen molar-refractivity contribution in [2.45, 2.75) is 63.6 Å². The van der Waals surface area contributed by atoms with Crippen LogP contribution in [0.2, 0.25) is 0 Å². The predicted octanol–water partition coefficient (Wildman–Crippen LogP) is 0.115. The van der Waals surface area contributed by atoms with Crippen LogP contribution < -0.4 is 17.2 Å². The van der Waals surface area contributed by atoms with Crippen LogP contribution in [0.5, 0.6) is 0 Å². The van der Waals surface area contributed by atoms with Gasteiger partial charge in [-0.05, 0) is 19.3 Å². The van der Waals surface area contributed by atoms with Crippen LogP contribution >= 0.6 is 12.6 Å². The molecule has 1 saturated carbocycles. The maximum atomic E-state index is 10.4. The fourth-order valence-electron chi connectivity index (χ4n) is 1.96. The van der Waals surface area contributed by atoms with Crippen LogP contribution in [0.15, 0.2) is 0 Å². The maximum Gasteiger partial charge on any atom is 0.321 e. The van der Waals surface area contributed by atoms with Crippen LogP contribution in [0.25, 0.3) is 0 Å². The maximum absolute atomic E-state index is 10.4. The average molecular weight is 381 g/mol. The first-order chi connectivity index (χ1) is 11.5. The Hall–Kier alpha value is -1.36. The lowest BCUT2D eigenvalue weighted by atomic mass is 9.85. The Balaban J connectivity index is 0. The monoisotopic (exact) mass is 381 g/mol. The van der Waals surface area contributed by atoms with Crippen LogP contribution in [0, 0.1) is 5.92 Å². The minimum absolute atomic E-state index is 0.190. The number of carboxylic acids is 3. The smallest absolute Gasteiger partial charge is 0.321 e. The molecule has 9 nitrogen and oxygen atoms in total. The zero-order valence-corrected chi connectivity index (χ0v) is 15.4. The van der Waals surface area contributed by atoms with Gasteiger partial charge in [0, 0.05) is 5.75 Å². The number of hydrogen-bond donors (Lipinski definition) is 7. The Labute approximate surface area is 153 Å². The molecule has 148 valence electrons. The summed E-state index contributed by atoms with van der Waals surface area (Å²) in [6.07, 6.45) is 6.80. The molecule has 0 aromatic heterocycles. The van der Waals surface area contributed by atoms with E-state index in [0.29, 0.717) is 12.3 Å². The number of thiol groups is 1. The van der Waals surface area contributed by atoms with Crippen molar-refractivity contribution >= 4 is 30.5 Å². The predicted molar refractivity (Wildman–Crippen MR) is 97.6 cm³/mol. The van der Waals surface area contributed by atoms with E-state index in [1.165, 1.54) is 39.0 Å². The molecule has 25 heavy (non-hydrogen) atoms. The van der Waals surface area contributed by atoms with E-state index in [1.807, 2.05) is 0 Å². The third-order valence-corrected chi connectivity index (χ3v) is 3.93. The van der Waals surface area contributed by atoms with Crippen LogP contribution in [-0.2, 0) is 14.4 Å². The second kappa shape index (κ2) is 14.9. The van der Waals surface area contributed by atoms with Crippen LogP contribution in [-0.4, -0.2) is 57.1 Å². The molecule has 0 bridgehead atoms. The van der Waals surface area contributed by atoms with Crippen molar-refractivity contribution in [3.8, 4) is 0 Å². The number of hydrogen-bond acceptors (Lipinski definition) is 7. The molecule has 0 aromatic rings. The van der Waals surface area contributed by atoms with Gasteiger partial charge in [0.15, 0.2) is 0 Å². The first kappa shape index (κ1) is 25.9. The van der Waals surface area contributed by atoms with Gasteiger partial charge in [-0.25, -0.2) is 0 Å². The highest BCUT2D eigenvalue weighted by atomic mass is 32.1. The van der Waals surface area contributed by atoms with Gasteiger partial charge in [0.05, 0.1) is 0 Å². The van der Waals surface area contributed by atoms with E-state index in [4.69, 9.17) is 32.5 Å². The van der Waals surface area contributed by atoms with E-state index in [1.54, 1.807) is 0 Å². The molecular formula is C15H31N3O6S. The summed E-state index contributed by atoms with van der Waals surface area (Å²) in [6, 6.07) is -2.19. The van der Waals surface area contributed by atoms with Gasteiger partial charge in [0.25, 0.3) is 0 Å². The second-order valence-electron chi connectivity index (χ2n) is 5.94. The molecule has 0 amide bonds. The first-order valence-electron chi connectivity index (χ1n) is 8.08. The Morgan fingerprint density at radius 1 is 0.920 bits per heavy atom. The lowest BCUT2D eigenvalue weighted by molar-refractivity contribution is -0.139. The van der Waals surface area contributed by atoms with Crippen molar-refractivity contribution in [1.82, 2.24) is 0 Å². The SMILES string of the molecule is CC(N)C(=O)O.NC(CC1CCCCC1)C(=O)O.NC(CS)C(=O)O. The van der Waals surface area contributed by atoms with Crippen molar-refractivity contribution in [3.05, 3.63) is 0 Å². The molecule has 1 aliphatic rings. The molecule has 3 atom stereocenters. The van der Waals surface area contributed by atoms with E-state index in [0.717, 1.165) is 0 Å². The summed E-state index contributed by atoms with van der Waals surface area (Å²) in [4.78, 5) is 29.8. The minimum Gasteiger partial charge on any atom is -0.480 e. The number of rotatable bonds is 6. The molecular weight excluding hydrogens is 350 g/mol. The molecule has 0 aromatic carbocycles. The Kier molecular flexibility index (Phi) is 15.5. The highest BCUT2D eigenvalue weighted by Crippen LogP contribution is 2.26. The van der Waals surface area contributed by atoms with Crippen molar-refractivity contribution in [3.63, 3.8) is 0 Å². The van der Waals surface area contributed by atoms with E-state index >= 15 is 0 Å². The molecule has 3 unspecified atom stereocenters. The van der Waals surface area contributed by atoms with Crippen LogP contribution in [0.4, 0.5) is 0 Å². The molecule has 0 spiro atoms. The van der Waals surface area contributed by atoms with E-state index in [2.05, 4.69) is 12.6 Å². The second-order valence-corrected chi connectivity index (χ2v) is 6.30. The molecule has 0 heterocycles. The summed E-state index contributed by atoms with van der Waals surface area (Å²) < 4.78 is 0.